The highest BCUT2D eigenvalue weighted by atomic mass is 35.5. The minimum Gasteiger partial charge on any atom is -0.293 e. The number of ketones is 1. The largest absolute Gasteiger partial charge is 0.293 e. The molecule has 1 fully saturated rings. The SMILES string of the molecule is O=C(Cc1ccn(C2CCCC2)n1)c1ccc(Cl)s1. The molecule has 0 saturated heterocycles. The number of hydrogen-bond acceptors (Lipinski definition) is 3. The third-order valence-electron chi connectivity index (χ3n) is 3.55. The van der Waals surface area contributed by atoms with Crippen molar-refractivity contribution in [2.75, 3.05) is 0 Å². The van der Waals surface area contributed by atoms with Crippen LogP contribution in [0.1, 0.15) is 47.1 Å². The molecule has 2 aromatic heterocycles. The quantitative estimate of drug-likeness (QED) is 0.794. The van der Waals surface area contributed by atoms with E-state index < -0.39 is 0 Å². The topological polar surface area (TPSA) is 34.9 Å². The van der Waals surface area contributed by atoms with Gasteiger partial charge >= 0.3 is 0 Å². The van der Waals surface area contributed by atoms with E-state index in [1.165, 1.54) is 37.0 Å². The Labute approximate surface area is 121 Å². The first-order valence-corrected chi connectivity index (χ1v) is 7.74. The van der Waals surface area contributed by atoms with Crippen LogP contribution in [0, 0.1) is 0 Å². The van der Waals surface area contributed by atoms with Crippen LogP contribution < -0.4 is 0 Å². The summed E-state index contributed by atoms with van der Waals surface area (Å²) in [5.41, 5.74) is 0.849. The molecule has 2 heterocycles. The van der Waals surface area contributed by atoms with Crippen molar-refractivity contribution < 1.29 is 4.79 Å². The predicted molar refractivity (Wildman–Crippen MR) is 77.1 cm³/mol. The zero-order valence-corrected chi connectivity index (χ0v) is 12.1. The van der Waals surface area contributed by atoms with E-state index in [1.54, 1.807) is 12.1 Å². The molecule has 2 aromatic rings. The second kappa shape index (κ2) is 5.47. The van der Waals surface area contributed by atoms with Crippen LogP contribution in [0.3, 0.4) is 0 Å². The van der Waals surface area contributed by atoms with Crippen LogP contribution in [-0.4, -0.2) is 15.6 Å². The molecule has 0 bridgehead atoms. The molecule has 100 valence electrons. The van der Waals surface area contributed by atoms with Gasteiger partial charge in [0.05, 0.1) is 27.4 Å². The van der Waals surface area contributed by atoms with Gasteiger partial charge in [0.25, 0.3) is 0 Å². The Kier molecular flexibility index (Phi) is 3.71. The molecule has 0 aliphatic heterocycles. The Bertz CT molecular complexity index is 584. The molecule has 0 radical (unpaired) electrons. The fourth-order valence-electron chi connectivity index (χ4n) is 2.56. The zero-order chi connectivity index (χ0) is 13.2. The maximum atomic E-state index is 12.1. The van der Waals surface area contributed by atoms with Crippen LogP contribution in [0.4, 0.5) is 0 Å². The second-order valence-electron chi connectivity index (χ2n) is 4.93. The highest BCUT2D eigenvalue weighted by Gasteiger charge is 2.18. The van der Waals surface area contributed by atoms with Gasteiger partial charge in [-0.3, -0.25) is 9.48 Å². The van der Waals surface area contributed by atoms with Gasteiger partial charge in [-0.2, -0.15) is 5.10 Å². The molecule has 3 nitrogen and oxygen atoms in total. The van der Waals surface area contributed by atoms with Gasteiger partial charge in [-0.05, 0) is 31.0 Å². The monoisotopic (exact) mass is 294 g/mol. The number of carbonyl (C=O) groups excluding carboxylic acids is 1. The molecule has 0 atom stereocenters. The summed E-state index contributed by atoms with van der Waals surface area (Å²) in [5, 5.41) is 4.53. The molecular weight excluding hydrogens is 280 g/mol. The molecule has 1 saturated carbocycles. The number of aromatic nitrogens is 2. The van der Waals surface area contributed by atoms with E-state index in [9.17, 15) is 4.79 Å². The smallest absolute Gasteiger partial charge is 0.178 e. The first kappa shape index (κ1) is 12.9. The lowest BCUT2D eigenvalue weighted by molar-refractivity contribution is 0.0995. The van der Waals surface area contributed by atoms with E-state index in [0.717, 1.165) is 5.69 Å². The summed E-state index contributed by atoms with van der Waals surface area (Å²) in [5.74, 6) is 0.0913. The average Bonchev–Trinajstić information content (AvgIpc) is 3.07. The number of hydrogen-bond donors (Lipinski definition) is 0. The summed E-state index contributed by atoms with van der Waals surface area (Å²) in [4.78, 5) is 12.8. The number of carbonyl (C=O) groups is 1. The number of rotatable bonds is 4. The van der Waals surface area contributed by atoms with Crippen molar-refractivity contribution >= 4 is 28.7 Å². The van der Waals surface area contributed by atoms with E-state index in [-0.39, 0.29) is 5.78 Å². The number of halogens is 1. The van der Waals surface area contributed by atoms with Crippen molar-refractivity contribution in [1.82, 2.24) is 9.78 Å². The Morgan fingerprint density at radius 1 is 1.37 bits per heavy atom. The molecule has 1 aliphatic carbocycles. The Balaban J connectivity index is 1.68. The lowest BCUT2D eigenvalue weighted by Crippen LogP contribution is -2.07. The maximum absolute atomic E-state index is 12.1. The molecule has 3 rings (SSSR count). The molecule has 19 heavy (non-hydrogen) atoms. The van der Waals surface area contributed by atoms with Gasteiger partial charge in [-0.1, -0.05) is 24.4 Å². The van der Waals surface area contributed by atoms with Gasteiger partial charge in [0.15, 0.2) is 5.78 Å². The molecule has 0 unspecified atom stereocenters. The Hall–Kier alpha value is -1.13. The summed E-state index contributed by atoms with van der Waals surface area (Å²) >= 11 is 7.17. The standard InChI is InChI=1S/C14H15ClN2OS/c15-14-6-5-13(19-14)12(18)9-10-7-8-17(16-10)11-3-1-2-4-11/h5-8,11H,1-4,9H2. The van der Waals surface area contributed by atoms with Crippen LogP contribution in [0.15, 0.2) is 24.4 Å². The van der Waals surface area contributed by atoms with Gasteiger partial charge in [0.2, 0.25) is 0 Å². The second-order valence-corrected chi connectivity index (χ2v) is 6.64. The molecule has 5 heteroatoms. The normalized spacial score (nSPS) is 16.1. The summed E-state index contributed by atoms with van der Waals surface area (Å²) in [6.45, 7) is 0. The van der Waals surface area contributed by atoms with Crippen molar-refractivity contribution in [3.63, 3.8) is 0 Å². The number of nitrogens with zero attached hydrogens (tertiary/aromatic N) is 2. The van der Waals surface area contributed by atoms with Crippen molar-refractivity contribution in [2.24, 2.45) is 0 Å². The third-order valence-corrected chi connectivity index (χ3v) is 4.82. The summed E-state index contributed by atoms with van der Waals surface area (Å²) in [6, 6.07) is 6.02. The molecule has 1 aliphatic rings. The molecule has 0 N–H and O–H groups in total. The van der Waals surface area contributed by atoms with Gasteiger partial charge in [-0.15, -0.1) is 11.3 Å². The van der Waals surface area contributed by atoms with Crippen LogP contribution in [0.25, 0.3) is 0 Å². The lowest BCUT2D eigenvalue weighted by atomic mass is 10.2. The number of Topliss-reactive ketones (excluding diaryl/α,β-unsaturated/α-hetero) is 1. The van der Waals surface area contributed by atoms with Crippen LogP contribution in [-0.2, 0) is 6.42 Å². The summed E-state index contributed by atoms with van der Waals surface area (Å²) in [6.07, 6.45) is 7.33. The molecule has 0 amide bonds. The van der Waals surface area contributed by atoms with Crippen molar-refractivity contribution in [1.29, 1.82) is 0 Å². The van der Waals surface area contributed by atoms with Crippen LogP contribution in [0.5, 0.6) is 0 Å². The third kappa shape index (κ3) is 2.90. The van der Waals surface area contributed by atoms with Crippen molar-refractivity contribution in [3.8, 4) is 0 Å². The average molecular weight is 295 g/mol. The van der Waals surface area contributed by atoms with Crippen LogP contribution >= 0.6 is 22.9 Å². The number of thiophene rings is 1. The van der Waals surface area contributed by atoms with Gasteiger partial charge in [-0.25, -0.2) is 0 Å². The van der Waals surface area contributed by atoms with Gasteiger partial charge in [0.1, 0.15) is 0 Å². The Morgan fingerprint density at radius 2 is 2.16 bits per heavy atom. The summed E-state index contributed by atoms with van der Waals surface area (Å²) < 4.78 is 2.68. The fourth-order valence-corrected chi connectivity index (χ4v) is 3.54. The van der Waals surface area contributed by atoms with Gasteiger partial charge < -0.3 is 0 Å². The van der Waals surface area contributed by atoms with E-state index in [1.807, 2.05) is 16.9 Å². The fraction of sp³-hybridized carbons (Fsp3) is 0.429. The minimum atomic E-state index is 0.0913. The lowest BCUT2D eigenvalue weighted by Gasteiger charge is -2.08. The van der Waals surface area contributed by atoms with E-state index in [2.05, 4.69) is 5.10 Å². The first-order valence-electron chi connectivity index (χ1n) is 6.55. The van der Waals surface area contributed by atoms with Crippen molar-refractivity contribution in [2.45, 2.75) is 38.1 Å². The first-order chi connectivity index (χ1) is 9.22. The van der Waals surface area contributed by atoms with E-state index >= 15 is 0 Å². The maximum Gasteiger partial charge on any atom is 0.178 e. The highest BCUT2D eigenvalue weighted by molar-refractivity contribution is 7.18. The van der Waals surface area contributed by atoms with E-state index in [4.69, 9.17) is 11.6 Å². The van der Waals surface area contributed by atoms with Crippen molar-refractivity contribution in [3.05, 3.63) is 39.3 Å². The predicted octanol–water partition coefficient (Wildman–Crippen LogP) is 4.14. The van der Waals surface area contributed by atoms with Gasteiger partial charge in [0, 0.05) is 6.20 Å². The molecule has 0 spiro atoms. The molecular formula is C14H15ClN2OS. The van der Waals surface area contributed by atoms with Crippen LogP contribution in [0.2, 0.25) is 4.34 Å². The van der Waals surface area contributed by atoms with E-state index in [0.29, 0.717) is 21.7 Å². The Morgan fingerprint density at radius 3 is 2.84 bits per heavy atom. The molecule has 0 aromatic carbocycles. The highest BCUT2D eigenvalue weighted by Crippen LogP contribution is 2.29. The zero-order valence-electron chi connectivity index (χ0n) is 10.5. The summed E-state index contributed by atoms with van der Waals surface area (Å²) in [7, 11) is 0. The minimum absolute atomic E-state index is 0.0913.